The van der Waals surface area contributed by atoms with Crippen LogP contribution in [0.4, 0.5) is 0 Å². The van der Waals surface area contributed by atoms with Gasteiger partial charge in [-0.2, -0.15) is 0 Å². The standard InChI is InChI=1S/C2H8N4O/c1-4-2(5-3)6-7/h7H,3H2,1H3,(H2,4,5,6). The van der Waals surface area contributed by atoms with E-state index < -0.39 is 0 Å². The van der Waals surface area contributed by atoms with Crippen molar-refractivity contribution in [3.63, 3.8) is 0 Å². The Bertz CT molecular complexity index is 64.1. The third-order valence-corrected chi connectivity index (χ3v) is 0.466. The predicted molar refractivity (Wildman–Crippen MR) is 25.6 cm³/mol. The molecule has 5 nitrogen and oxygen atoms in total. The van der Waals surface area contributed by atoms with E-state index in [0.29, 0.717) is 0 Å². The van der Waals surface area contributed by atoms with Gasteiger partial charge in [-0.15, -0.1) is 0 Å². The number of hydrazine groups is 1. The number of nitrogens with one attached hydrogen (secondary N) is 2. The summed E-state index contributed by atoms with van der Waals surface area (Å²) in [6.45, 7) is 0. The molecular formula is C2H8N4O. The van der Waals surface area contributed by atoms with Crippen LogP contribution >= 0.6 is 0 Å². The average molecular weight is 104 g/mol. The van der Waals surface area contributed by atoms with Crippen molar-refractivity contribution in [2.24, 2.45) is 10.8 Å². The lowest BCUT2D eigenvalue weighted by molar-refractivity contribution is 0.229. The fourth-order valence-corrected chi connectivity index (χ4v) is 0.147. The minimum absolute atomic E-state index is 0.139. The van der Waals surface area contributed by atoms with E-state index in [2.05, 4.69) is 10.4 Å². The summed E-state index contributed by atoms with van der Waals surface area (Å²) in [7, 11) is 1.48. The quantitative estimate of drug-likeness (QED) is 0.129. The molecule has 0 rings (SSSR count). The van der Waals surface area contributed by atoms with Gasteiger partial charge in [0, 0.05) is 7.05 Å². The Morgan fingerprint density at radius 3 is 2.43 bits per heavy atom. The van der Waals surface area contributed by atoms with Crippen LogP contribution in [0.1, 0.15) is 0 Å². The topological polar surface area (TPSA) is 82.7 Å². The van der Waals surface area contributed by atoms with Gasteiger partial charge >= 0.3 is 0 Å². The smallest absolute Gasteiger partial charge is 0.229 e. The molecule has 0 unspecified atom stereocenters. The summed E-state index contributed by atoms with van der Waals surface area (Å²) < 4.78 is 0. The Balaban J connectivity index is 3.38. The number of nitrogens with zero attached hydrogens (tertiary/aromatic N) is 1. The first-order valence-corrected chi connectivity index (χ1v) is 1.68. The summed E-state index contributed by atoms with van der Waals surface area (Å²) in [5, 5.41) is 8.00. The van der Waals surface area contributed by atoms with Crippen molar-refractivity contribution in [1.29, 1.82) is 0 Å². The van der Waals surface area contributed by atoms with Gasteiger partial charge in [0.2, 0.25) is 5.96 Å². The SMILES string of the molecule is CN=C(NN)NO. The van der Waals surface area contributed by atoms with Crippen LogP contribution in [0.25, 0.3) is 0 Å². The molecule has 0 aromatic carbocycles. The number of nitrogens with two attached hydrogens (primary N) is 1. The van der Waals surface area contributed by atoms with E-state index in [0.717, 1.165) is 0 Å². The van der Waals surface area contributed by atoms with Gasteiger partial charge in [-0.3, -0.25) is 15.6 Å². The molecule has 0 amide bonds. The van der Waals surface area contributed by atoms with Crippen molar-refractivity contribution >= 4 is 5.96 Å². The Morgan fingerprint density at radius 2 is 2.43 bits per heavy atom. The van der Waals surface area contributed by atoms with Gasteiger partial charge in [-0.05, 0) is 0 Å². The highest BCUT2D eigenvalue weighted by molar-refractivity contribution is 5.77. The number of hydroxylamine groups is 1. The van der Waals surface area contributed by atoms with Crippen LogP contribution < -0.4 is 16.7 Å². The Morgan fingerprint density at radius 1 is 1.86 bits per heavy atom. The zero-order valence-corrected chi connectivity index (χ0v) is 3.97. The minimum atomic E-state index is 0.139. The lowest BCUT2D eigenvalue weighted by Gasteiger charge is -1.97. The first kappa shape index (κ1) is 6.19. The molecule has 0 saturated heterocycles. The Labute approximate surface area is 41.2 Å². The lowest BCUT2D eigenvalue weighted by atomic mass is 11.0. The number of aliphatic imine (C=N–C) groups is 1. The molecule has 0 spiro atoms. The molecule has 0 radical (unpaired) electrons. The fraction of sp³-hybridized carbons (Fsp3) is 0.500. The maximum atomic E-state index is 8.00. The summed E-state index contributed by atoms with van der Waals surface area (Å²) in [5.41, 5.74) is 3.81. The van der Waals surface area contributed by atoms with E-state index >= 15 is 0 Å². The lowest BCUT2D eigenvalue weighted by Crippen LogP contribution is -2.39. The second kappa shape index (κ2) is 3.38. The summed E-state index contributed by atoms with van der Waals surface area (Å²) in [6.07, 6.45) is 0. The summed E-state index contributed by atoms with van der Waals surface area (Å²) in [5.74, 6) is 4.93. The van der Waals surface area contributed by atoms with Gasteiger partial charge < -0.3 is 0 Å². The van der Waals surface area contributed by atoms with Crippen LogP contribution in [-0.4, -0.2) is 18.2 Å². The highest BCUT2D eigenvalue weighted by Gasteiger charge is 1.82. The van der Waals surface area contributed by atoms with Crippen LogP contribution in [0.15, 0.2) is 4.99 Å². The molecule has 0 aliphatic rings. The molecule has 0 aromatic heterocycles. The van der Waals surface area contributed by atoms with E-state index in [-0.39, 0.29) is 5.96 Å². The van der Waals surface area contributed by atoms with E-state index in [9.17, 15) is 0 Å². The van der Waals surface area contributed by atoms with Crippen molar-refractivity contribution in [2.75, 3.05) is 7.05 Å². The van der Waals surface area contributed by atoms with Crippen molar-refractivity contribution < 1.29 is 5.21 Å². The van der Waals surface area contributed by atoms with E-state index in [1.807, 2.05) is 0 Å². The molecule has 0 saturated carbocycles. The van der Waals surface area contributed by atoms with E-state index in [4.69, 9.17) is 11.0 Å². The molecule has 0 atom stereocenters. The van der Waals surface area contributed by atoms with Gasteiger partial charge in [0.05, 0.1) is 0 Å². The largest absolute Gasteiger partial charge is 0.293 e. The van der Waals surface area contributed by atoms with E-state index in [1.165, 1.54) is 7.05 Å². The zero-order valence-electron chi connectivity index (χ0n) is 3.97. The van der Waals surface area contributed by atoms with Crippen LogP contribution in [0.2, 0.25) is 0 Å². The van der Waals surface area contributed by atoms with Crippen molar-refractivity contribution in [3.05, 3.63) is 0 Å². The number of hydrogen-bond acceptors (Lipinski definition) is 3. The molecule has 0 fully saturated rings. The molecule has 42 valence electrons. The predicted octanol–water partition coefficient (Wildman–Crippen LogP) is -1.59. The average Bonchev–Trinajstić information content (AvgIpc) is 1.72. The van der Waals surface area contributed by atoms with Crippen molar-refractivity contribution in [1.82, 2.24) is 10.9 Å². The minimum Gasteiger partial charge on any atom is -0.293 e. The monoisotopic (exact) mass is 104 g/mol. The van der Waals surface area contributed by atoms with Crippen LogP contribution in [0.3, 0.4) is 0 Å². The van der Waals surface area contributed by atoms with Crippen molar-refractivity contribution in [2.45, 2.75) is 0 Å². The van der Waals surface area contributed by atoms with Gasteiger partial charge in [0.1, 0.15) is 0 Å². The molecule has 0 bridgehead atoms. The maximum absolute atomic E-state index is 8.00. The Kier molecular flexibility index (Phi) is 2.99. The highest BCUT2D eigenvalue weighted by Crippen LogP contribution is 1.52. The number of guanidine groups is 1. The summed E-state index contributed by atoms with van der Waals surface area (Å²) >= 11 is 0. The van der Waals surface area contributed by atoms with Gasteiger partial charge in [-0.1, -0.05) is 0 Å². The molecule has 0 aromatic rings. The molecule has 0 aliphatic carbocycles. The second-order valence-electron chi connectivity index (χ2n) is 0.828. The molecule has 0 aliphatic heterocycles. The molecule has 5 heteroatoms. The van der Waals surface area contributed by atoms with Crippen LogP contribution in [-0.2, 0) is 0 Å². The third-order valence-electron chi connectivity index (χ3n) is 0.466. The molecule has 7 heavy (non-hydrogen) atoms. The van der Waals surface area contributed by atoms with Crippen molar-refractivity contribution in [3.8, 4) is 0 Å². The zero-order chi connectivity index (χ0) is 5.70. The maximum Gasteiger partial charge on any atom is 0.229 e. The third kappa shape index (κ3) is 1.96. The van der Waals surface area contributed by atoms with Gasteiger partial charge in [0.25, 0.3) is 0 Å². The molecular weight excluding hydrogens is 96.0 g/mol. The van der Waals surface area contributed by atoms with Crippen LogP contribution in [0, 0.1) is 0 Å². The summed E-state index contributed by atoms with van der Waals surface area (Å²) in [4.78, 5) is 3.44. The fourth-order valence-electron chi connectivity index (χ4n) is 0.147. The number of rotatable bonds is 0. The molecule has 5 N–H and O–H groups in total. The first-order chi connectivity index (χ1) is 3.35. The van der Waals surface area contributed by atoms with Crippen LogP contribution in [0.5, 0.6) is 0 Å². The Hall–Kier alpha value is -0.810. The molecule has 0 heterocycles. The summed E-state index contributed by atoms with van der Waals surface area (Å²) in [6, 6.07) is 0. The van der Waals surface area contributed by atoms with Gasteiger partial charge in [0.15, 0.2) is 0 Å². The van der Waals surface area contributed by atoms with E-state index in [1.54, 1.807) is 5.48 Å². The second-order valence-corrected chi connectivity index (χ2v) is 0.828. The highest BCUT2D eigenvalue weighted by atomic mass is 16.5. The van der Waals surface area contributed by atoms with Gasteiger partial charge in [-0.25, -0.2) is 11.3 Å². The number of hydrogen-bond donors (Lipinski definition) is 4. The first-order valence-electron chi connectivity index (χ1n) is 1.68. The normalized spacial score (nSPS) is 11.0.